The van der Waals surface area contributed by atoms with Crippen molar-refractivity contribution in [1.82, 2.24) is 0 Å². The molecule has 0 bridgehead atoms. The van der Waals surface area contributed by atoms with Gasteiger partial charge in [0.2, 0.25) is 11.8 Å². The average molecular weight is 399 g/mol. The number of benzene rings is 2. The minimum Gasteiger partial charge on any atom is -0.492 e. The predicted molar refractivity (Wildman–Crippen MR) is 115 cm³/mol. The quantitative estimate of drug-likeness (QED) is 0.782. The first-order chi connectivity index (χ1) is 13.3. The Kier molecular flexibility index (Phi) is 5.98. The lowest BCUT2D eigenvalue weighted by Crippen LogP contribution is -2.28. The highest BCUT2D eigenvalue weighted by atomic mass is 32.2. The van der Waals surface area contributed by atoms with Crippen molar-refractivity contribution >= 4 is 35.0 Å². The lowest BCUT2D eigenvalue weighted by molar-refractivity contribution is -0.123. The molecule has 3 rings (SSSR count). The molecule has 5 nitrogen and oxygen atoms in total. The largest absolute Gasteiger partial charge is 0.492 e. The second kappa shape index (κ2) is 8.27. The zero-order valence-corrected chi connectivity index (χ0v) is 17.5. The number of nitrogens with one attached hydrogen (secondary N) is 1. The summed E-state index contributed by atoms with van der Waals surface area (Å²) >= 11 is 1.59. The fourth-order valence-corrected chi connectivity index (χ4v) is 4.08. The van der Waals surface area contributed by atoms with Crippen molar-refractivity contribution in [1.29, 1.82) is 0 Å². The molecule has 0 aromatic heterocycles. The summed E-state index contributed by atoms with van der Waals surface area (Å²) in [5.74, 6) is 1.17. The molecule has 2 amide bonds. The van der Waals surface area contributed by atoms with Crippen LogP contribution in [0.15, 0.2) is 48.5 Å². The molecule has 1 atom stereocenters. The van der Waals surface area contributed by atoms with E-state index in [1.54, 1.807) is 16.7 Å². The van der Waals surface area contributed by atoms with Gasteiger partial charge in [0.05, 0.1) is 18.0 Å². The topological polar surface area (TPSA) is 58.6 Å². The standard InChI is InChI=1S/C22H26N2O3S/c1-5-27-18-9-7-6-8-17(18)24-19(25)14-28-20(24)15-10-12-16(13-11-15)23-21(26)22(2,3)4/h6-13,20H,5,14H2,1-4H3,(H,23,26). The van der Waals surface area contributed by atoms with Crippen molar-refractivity contribution in [2.45, 2.75) is 33.1 Å². The fraction of sp³-hybridized carbons (Fsp3) is 0.364. The molecule has 0 aliphatic carbocycles. The molecule has 1 fully saturated rings. The van der Waals surface area contributed by atoms with Crippen LogP contribution in [0.2, 0.25) is 0 Å². The van der Waals surface area contributed by atoms with Crippen molar-refractivity contribution < 1.29 is 14.3 Å². The summed E-state index contributed by atoms with van der Waals surface area (Å²) in [5.41, 5.74) is 2.09. The van der Waals surface area contributed by atoms with Gasteiger partial charge in [-0.05, 0) is 36.8 Å². The SMILES string of the molecule is CCOc1ccccc1N1C(=O)CSC1c1ccc(NC(=O)C(C)(C)C)cc1. The molecule has 2 aromatic carbocycles. The maximum absolute atomic E-state index is 12.6. The van der Waals surface area contributed by atoms with Crippen LogP contribution in [0.5, 0.6) is 5.75 Å². The number of anilines is 2. The van der Waals surface area contributed by atoms with Gasteiger partial charge in [0.25, 0.3) is 0 Å². The molecule has 6 heteroatoms. The number of hydrogen-bond acceptors (Lipinski definition) is 4. The van der Waals surface area contributed by atoms with Crippen LogP contribution in [0.25, 0.3) is 0 Å². The number of hydrogen-bond donors (Lipinski definition) is 1. The molecular formula is C22H26N2O3S. The Morgan fingerprint density at radius 3 is 2.50 bits per heavy atom. The first-order valence-electron chi connectivity index (χ1n) is 9.38. The number of amides is 2. The molecule has 1 saturated heterocycles. The van der Waals surface area contributed by atoms with Crippen molar-refractivity contribution in [2.24, 2.45) is 5.41 Å². The molecule has 1 heterocycles. The summed E-state index contributed by atoms with van der Waals surface area (Å²) in [4.78, 5) is 26.6. The van der Waals surface area contributed by atoms with E-state index in [4.69, 9.17) is 4.74 Å². The Balaban J connectivity index is 1.85. The van der Waals surface area contributed by atoms with Crippen molar-refractivity contribution in [2.75, 3.05) is 22.6 Å². The van der Waals surface area contributed by atoms with E-state index in [1.165, 1.54) is 0 Å². The van der Waals surface area contributed by atoms with Crippen molar-refractivity contribution in [3.05, 3.63) is 54.1 Å². The van der Waals surface area contributed by atoms with Crippen LogP contribution in [-0.2, 0) is 9.59 Å². The van der Waals surface area contributed by atoms with E-state index in [2.05, 4.69) is 5.32 Å². The van der Waals surface area contributed by atoms with E-state index in [0.717, 1.165) is 16.9 Å². The van der Waals surface area contributed by atoms with Crippen molar-refractivity contribution in [3.63, 3.8) is 0 Å². The molecule has 1 unspecified atom stereocenters. The number of carbonyl (C=O) groups excluding carboxylic acids is 2. The Morgan fingerprint density at radius 2 is 1.86 bits per heavy atom. The second-order valence-electron chi connectivity index (χ2n) is 7.65. The third-order valence-corrected chi connectivity index (χ3v) is 5.64. The maximum atomic E-state index is 12.6. The van der Waals surface area contributed by atoms with Gasteiger partial charge in [-0.1, -0.05) is 45.0 Å². The lowest BCUT2D eigenvalue weighted by atomic mass is 9.95. The number of nitrogens with zero attached hydrogens (tertiary/aromatic N) is 1. The summed E-state index contributed by atoms with van der Waals surface area (Å²) in [7, 11) is 0. The van der Waals surface area contributed by atoms with Gasteiger partial charge in [-0.3, -0.25) is 14.5 Å². The predicted octanol–water partition coefficient (Wildman–Crippen LogP) is 4.85. The molecular weight excluding hydrogens is 372 g/mol. The molecule has 0 saturated carbocycles. The monoisotopic (exact) mass is 398 g/mol. The van der Waals surface area contributed by atoms with Crippen LogP contribution in [0.1, 0.15) is 38.6 Å². The van der Waals surface area contributed by atoms with E-state index in [1.807, 2.05) is 76.2 Å². The number of thioether (sulfide) groups is 1. The smallest absolute Gasteiger partial charge is 0.238 e. The van der Waals surface area contributed by atoms with E-state index in [-0.39, 0.29) is 17.2 Å². The molecule has 2 aromatic rings. The summed E-state index contributed by atoms with van der Waals surface area (Å²) < 4.78 is 5.73. The highest BCUT2D eigenvalue weighted by molar-refractivity contribution is 8.00. The minimum absolute atomic E-state index is 0.0297. The van der Waals surface area contributed by atoms with E-state index < -0.39 is 5.41 Å². The van der Waals surface area contributed by atoms with Crippen LogP contribution in [0.3, 0.4) is 0 Å². The Morgan fingerprint density at radius 1 is 1.18 bits per heavy atom. The maximum Gasteiger partial charge on any atom is 0.238 e. The molecule has 1 aliphatic heterocycles. The highest BCUT2D eigenvalue weighted by Gasteiger charge is 2.35. The zero-order chi connectivity index (χ0) is 20.3. The molecule has 1 N–H and O–H groups in total. The van der Waals surface area contributed by atoms with Gasteiger partial charge in [0.1, 0.15) is 11.1 Å². The fourth-order valence-electron chi connectivity index (χ4n) is 2.91. The number of rotatable bonds is 5. The van der Waals surface area contributed by atoms with Gasteiger partial charge in [-0.2, -0.15) is 0 Å². The zero-order valence-electron chi connectivity index (χ0n) is 16.7. The Hall–Kier alpha value is -2.47. The van der Waals surface area contributed by atoms with Gasteiger partial charge in [0, 0.05) is 11.1 Å². The van der Waals surface area contributed by atoms with Crippen LogP contribution in [0.4, 0.5) is 11.4 Å². The number of para-hydroxylation sites is 2. The summed E-state index contributed by atoms with van der Waals surface area (Å²) in [5, 5.41) is 2.81. The minimum atomic E-state index is -0.452. The van der Waals surface area contributed by atoms with Gasteiger partial charge in [-0.25, -0.2) is 0 Å². The third-order valence-electron chi connectivity index (χ3n) is 4.43. The van der Waals surface area contributed by atoms with Crippen LogP contribution < -0.4 is 15.0 Å². The van der Waals surface area contributed by atoms with Gasteiger partial charge < -0.3 is 10.1 Å². The van der Waals surface area contributed by atoms with Crippen LogP contribution >= 0.6 is 11.8 Å². The highest BCUT2D eigenvalue weighted by Crippen LogP contribution is 2.44. The first kappa shape index (κ1) is 20.3. The molecule has 148 valence electrons. The molecule has 0 spiro atoms. The van der Waals surface area contributed by atoms with Crippen molar-refractivity contribution in [3.8, 4) is 5.75 Å². The molecule has 1 aliphatic rings. The first-order valence-corrected chi connectivity index (χ1v) is 10.4. The average Bonchev–Trinajstić information content (AvgIpc) is 3.04. The van der Waals surface area contributed by atoms with Gasteiger partial charge in [0.15, 0.2) is 0 Å². The van der Waals surface area contributed by atoms with Crippen LogP contribution in [-0.4, -0.2) is 24.2 Å². The van der Waals surface area contributed by atoms with E-state index in [9.17, 15) is 9.59 Å². The molecule has 28 heavy (non-hydrogen) atoms. The number of ether oxygens (including phenoxy) is 1. The summed E-state index contributed by atoms with van der Waals surface area (Å²) in [6.07, 6.45) is 0. The van der Waals surface area contributed by atoms with Crippen LogP contribution in [0, 0.1) is 5.41 Å². The molecule has 0 radical (unpaired) electrons. The second-order valence-corrected chi connectivity index (χ2v) is 8.72. The summed E-state index contributed by atoms with van der Waals surface area (Å²) in [6, 6.07) is 15.3. The van der Waals surface area contributed by atoms with Gasteiger partial charge >= 0.3 is 0 Å². The normalized spacial score (nSPS) is 16.9. The Bertz CT molecular complexity index is 859. The summed E-state index contributed by atoms with van der Waals surface area (Å²) in [6.45, 7) is 8.11. The lowest BCUT2D eigenvalue weighted by Gasteiger charge is -2.26. The Labute approximate surface area is 170 Å². The number of carbonyl (C=O) groups is 2. The van der Waals surface area contributed by atoms with E-state index >= 15 is 0 Å². The van der Waals surface area contributed by atoms with E-state index in [0.29, 0.717) is 18.1 Å². The third kappa shape index (κ3) is 4.33. The van der Waals surface area contributed by atoms with Gasteiger partial charge in [-0.15, -0.1) is 11.8 Å².